The van der Waals surface area contributed by atoms with Gasteiger partial charge in [-0.3, -0.25) is 4.90 Å². The van der Waals surface area contributed by atoms with Crippen LogP contribution in [0.5, 0.6) is 0 Å². The third-order valence-electron chi connectivity index (χ3n) is 5.34. The number of benzene rings is 1. The van der Waals surface area contributed by atoms with Crippen molar-refractivity contribution in [1.82, 2.24) is 9.80 Å². The van der Waals surface area contributed by atoms with Crippen molar-refractivity contribution in [2.24, 2.45) is 0 Å². The van der Waals surface area contributed by atoms with E-state index in [1.165, 1.54) is 37.7 Å². The molecule has 31 heavy (non-hydrogen) atoms. The van der Waals surface area contributed by atoms with Crippen LogP contribution in [0, 0.1) is 0 Å². The fraction of sp³-hybridized carbons (Fsp3) is 0.522. The molecule has 0 bridgehead atoms. The molecule has 8 nitrogen and oxygen atoms in total. The predicted octanol–water partition coefficient (Wildman–Crippen LogP) is 2.94. The number of carboxylic acids is 2. The highest BCUT2D eigenvalue weighted by Gasteiger charge is 2.22. The maximum atomic E-state index is 11.7. The largest absolute Gasteiger partial charge is 0.478 e. The summed E-state index contributed by atoms with van der Waals surface area (Å²) in [5, 5.41) is 15.6. The summed E-state index contributed by atoms with van der Waals surface area (Å²) >= 11 is 0. The predicted molar refractivity (Wildman–Crippen MR) is 116 cm³/mol. The van der Waals surface area contributed by atoms with Gasteiger partial charge in [-0.15, -0.1) is 0 Å². The number of hydrogen-bond acceptors (Lipinski definition) is 5. The number of aliphatic carboxylic acids is 2. The average molecular weight is 433 g/mol. The standard InChI is InChI=1S/C19H28N2O2.C4H4O4/c1-2-23-19(22)21-12-10-20(11-13-21)15-16-8-9-17-6-4-3-5-7-18(17)14-16;5-3(6)1-2-4(7)8/h8-9,14H,2-7,10-13,15H2,1H3;1-2H,(H,5,6)(H,7,8)/b;2-1+. The quantitative estimate of drug-likeness (QED) is 0.544. The van der Waals surface area contributed by atoms with Crippen molar-refractivity contribution in [2.45, 2.75) is 45.6 Å². The summed E-state index contributed by atoms with van der Waals surface area (Å²) in [7, 11) is 0. The SMILES string of the molecule is CCOC(=O)N1CCN(Cc2ccc3c(c2)CCCCC3)CC1.O=C(O)/C=C/C(=O)O. The first-order valence-corrected chi connectivity index (χ1v) is 10.8. The van der Waals surface area contributed by atoms with Gasteiger partial charge in [0.2, 0.25) is 0 Å². The topological polar surface area (TPSA) is 107 Å². The Labute approximate surface area is 183 Å². The maximum absolute atomic E-state index is 11.7. The van der Waals surface area contributed by atoms with Crippen molar-refractivity contribution in [3.8, 4) is 0 Å². The molecule has 1 aliphatic carbocycles. The fourth-order valence-electron chi connectivity index (χ4n) is 3.77. The molecule has 1 aliphatic heterocycles. The molecule has 1 heterocycles. The summed E-state index contributed by atoms with van der Waals surface area (Å²) in [6.07, 6.45) is 7.45. The van der Waals surface area contributed by atoms with Gasteiger partial charge in [-0.2, -0.15) is 0 Å². The van der Waals surface area contributed by atoms with Gasteiger partial charge in [0, 0.05) is 44.9 Å². The third-order valence-corrected chi connectivity index (χ3v) is 5.34. The smallest absolute Gasteiger partial charge is 0.409 e. The molecule has 0 unspecified atom stereocenters. The Bertz CT molecular complexity index is 768. The summed E-state index contributed by atoms with van der Waals surface area (Å²) < 4.78 is 5.08. The van der Waals surface area contributed by atoms with Crippen LogP contribution in [-0.4, -0.2) is 70.8 Å². The molecule has 0 saturated carbocycles. The number of carboxylic acid groups (broad SMARTS) is 2. The molecular weight excluding hydrogens is 400 g/mol. The first-order valence-electron chi connectivity index (χ1n) is 10.8. The third kappa shape index (κ3) is 8.80. The minimum absolute atomic E-state index is 0.169. The first kappa shape index (κ1) is 24.4. The molecule has 3 rings (SSSR count). The molecule has 2 aliphatic rings. The van der Waals surface area contributed by atoms with Crippen molar-refractivity contribution < 1.29 is 29.3 Å². The van der Waals surface area contributed by atoms with Gasteiger partial charge in [-0.25, -0.2) is 14.4 Å². The summed E-state index contributed by atoms with van der Waals surface area (Å²) in [4.78, 5) is 35.1. The number of ether oxygens (including phenoxy) is 1. The Kier molecular flexibility index (Phi) is 10.0. The van der Waals surface area contributed by atoms with Crippen LogP contribution in [0.4, 0.5) is 4.79 Å². The molecule has 1 aromatic rings. The van der Waals surface area contributed by atoms with E-state index in [9.17, 15) is 14.4 Å². The number of nitrogens with zero attached hydrogens (tertiary/aromatic N) is 2. The number of carbonyl (C=O) groups excluding carboxylic acids is 1. The van der Waals surface area contributed by atoms with Crippen molar-refractivity contribution in [1.29, 1.82) is 0 Å². The Balaban J connectivity index is 0.000000366. The van der Waals surface area contributed by atoms with E-state index >= 15 is 0 Å². The first-order chi connectivity index (χ1) is 14.9. The van der Waals surface area contributed by atoms with E-state index in [2.05, 4.69) is 23.1 Å². The van der Waals surface area contributed by atoms with E-state index < -0.39 is 11.9 Å². The van der Waals surface area contributed by atoms with Gasteiger partial charge in [-0.05, 0) is 49.3 Å². The second-order valence-electron chi connectivity index (χ2n) is 7.64. The van der Waals surface area contributed by atoms with Crippen LogP contribution in [-0.2, 0) is 33.7 Å². The monoisotopic (exact) mass is 432 g/mol. The Morgan fingerprint density at radius 3 is 2.13 bits per heavy atom. The summed E-state index contributed by atoms with van der Waals surface area (Å²) in [6.45, 7) is 6.68. The normalized spacial score (nSPS) is 16.6. The molecule has 1 fully saturated rings. The molecule has 2 N–H and O–H groups in total. The lowest BCUT2D eigenvalue weighted by molar-refractivity contribution is -0.134. The lowest BCUT2D eigenvalue weighted by Gasteiger charge is -2.34. The van der Waals surface area contributed by atoms with Crippen LogP contribution in [0.2, 0.25) is 0 Å². The number of hydrogen-bond donors (Lipinski definition) is 2. The highest BCUT2D eigenvalue weighted by Crippen LogP contribution is 2.22. The maximum Gasteiger partial charge on any atom is 0.409 e. The molecule has 170 valence electrons. The van der Waals surface area contributed by atoms with Gasteiger partial charge in [0.05, 0.1) is 6.61 Å². The lowest BCUT2D eigenvalue weighted by atomic mass is 10.00. The zero-order chi connectivity index (χ0) is 22.6. The molecule has 0 radical (unpaired) electrons. The average Bonchev–Trinajstić information content (AvgIpc) is 2.98. The van der Waals surface area contributed by atoms with Crippen molar-refractivity contribution >= 4 is 18.0 Å². The van der Waals surface area contributed by atoms with Gasteiger partial charge >= 0.3 is 18.0 Å². The Hall–Kier alpha value is -2.87. The molecule has 0 aromatic heterocycles. The zero-order valence-electron chi connectivity index (χ0n) is 18.1. The van der Waals surface area contributed by atoms with E-state index in [0.717, 1.165) is 32.7 Å². The van der Waals surface area contributed by atoms with Crippen LogP contribution in [0.15, 0.2) is 30.4 Å². The lowest BCUT2D eigenvalue weighted by Crippen LogP contribution is -2.48. The molecule has 1 saturated heterocycles. The van der Waals surface area contributed by atoms with E-state index in [1.807, 2.05) is 11.8 Å². The highest BCUT2D eigenvalue weighted by atomic mass is 16.6. The van der Waals surface area contributed by atoms with Crippen LogP contribution in [0.25, 0.3) is 0 Å². The number of fused-ring (bicyclic) bond motifs is 1. The van der Waals surface area contributed by atoms with Gasteiger partial charge in [-0.1, -0.05) is 24.6 Å². The van der Waals surface area contributed by atoms with E-state index in [-0.39, 0.29) is 6.09 Å². The van der Waals surface area contributed by atoms with Gasteiger partial charge < -0.3 is 19.8 Å². The highest BCUT2D eigenvalue weighted by molar-refractivity contribution is 5.89. The van der Waals surface area contributed by atoms with Crippen LogP contribution >= 0.6 is 0 Å². The van der Waals surface area contributed by atoms with Gasteiger partial charge in [0.1, 0.15) is 0 Å². The summed E-state index contributed by atoms with van der Waals surface area (Å²) in [6, 6.07) is 7.05. The molecule has 1 amide bonds. The molecule has 1 aromatic carbocycles. The number of piperazine rings is 1. The van der Waals surface area contributed by atoms with E-state index in [4.69, 9.17) is 14.9 Å². The summed E-state index contributed by atoms with van der Waals surface area (Å²) in [5.74, 6) is -2.51. The number of amides is 1. The minimum Gasteiger partial charge on any atom is -0.478 e. The van der Waals surface area contributed by atoms with Crippen molar-refractivity contribution in [2.75, 3.05) is 32.8 Å². The number of aryl methyl sites for hydroxylation is 2. The zero-order valence-corrected chi connectivity index (χ0v) is 18.1. The van der Waals surface area contributed by atoms with Crippen LogP contribution in [0.3, 0.4) is 0 Å². The minimum atomic E-state index is -1.26. The van der Waals surface area contributed by atoms with Gasteiger partial charge in [0.25, 0.3) is 0 Å². The van der Waals surface area contributed by atoms with Crippen molar-refractivity contribution in [3.63, 3.8) is 0 Å². The van der Waals surface area contributed by atoms with Gasteiger partial charge in [0.15, 0.2) is 0 Å². The van der Waals surface area contributed by atoms with Crippen LogP contribution in [0.1, 0.15) is 42.9 Å². The second kappa shape index (κ2) is 12.7. The molecular formula is C23H32N2O6. The second-order valence-corrected chi connectivity index (χ2v) is 7.64. The van der Waals surface area contributed by atoms with E-state index in [0.29, 0.717) is 18.8 Å². The number of rotatable bonds is 5. The molecule has 0 spiro atoms. The molecule has 0 atom stereocenters. The fourth-order valence-corrected chi connectivity index (χ4v) is 3.77. The van der Waals surface area contributed by atoms with Crippen molar-refractivity contribution in [3.05, 3.63) is 47.0 Å². The molecule has 8 heteroatoms. The van der Waals surface area contributed by atoms with Crippen LogP contribution < -0.4 is 0 Å². The summed E-state index contributed by atoms with van der Waals surface area (Å²) in [5.41, 5.74) is 4.53. The Morgan fingerprint density at radius 2 is 1.55 bits per heavy atom. The number of carbonyl (C=O) groups is 3. The van der Waals surface area contributed by atoms with E-state index in [1.54, 1.807) is 11.1 Å². The Morgan fingerprint density at radius 1 is 0.935 bits per heavy atom.